The number of aromatic nitrogens is 1. The number of rotatable bonds is 6. The third-order valence-corrected chi connectivity index (χ3v) is 4.20. The van der Waals surface area contributed by atoms with Gasteiger partial charge in [0.25, 0.3) is 0 Å². The first-order valence-corrected chi connectivity index (χ1v) is 7.82. The van der Waals surface area contributed by atoms with Crippen molar-refractivity contribution in [3.63, 3.8) is 0 Å². The van der Waals surface area contributed by atoms with Crippen LogP contribution in [0.5, 0.6) is 5.75 Å². The molecule has 0 radical (unpaired) electrons. The van der Waals surface area contributed by atoms with E-state index in [1.165, 1.54) is 0 Å². The van der Waals surface area contributed by atoms with Gasteiger partial charge in [-0.15, -0.1) is 0 Å². The Morgan fingerprint density at radius 2 is 2.06 bits per heavy atom. The molecule has 1 aromatic heterocycles. The van der Waals surface area contributed by atoms with Crippen molar-refractivity contribution in [2.24, 2.45) is 5.92 Å². The number of ether oxygens (including phenoxy) is 1. The Bertz CT molecular complexity index is 394. The number of hydrogen-bond donors (Lipinski definition) is 1. The van der Waals surface area contributed by atoms with Crippen LogP contribution in [0.3, 0.4) is 0 Å². The monoisotopic (exact) mass is 362 g/mol. The molecule has 0 amide bonds. The molecule has 0 aliphatic carbocycles. The molecule has 0 aliphatic rings. The second-order valence-corrected chi connectivity index (χ2v) is 5.81. The second kappa shape index (κ2) is 7.28. The summed E-state index contributed by atoms with van der Waals surface area (Å²) < 4.78 is 6.54. The van der Waals surface area contributed by atoms with Crippen molar-refractivity contribution in [1.29, 1.82) is 0 Å². The van der Waals surface area contributed by atoms with Gasteiger partial charge in [0.05, 0.1) is 12.8 Å². The predicted molar refractivity (Wildman–Crippen MR) is 84.6 cm³/mol. The van der Waals surface area contributed by atoms with Gasteiger partial charge in [-0.3, -0.25) is 4.98 Å². The zero-order valence-corrected chi connectivity index (χ0v) is 14.0. The van der Waals surface area contributed by atoms with Crippen molar-refractivity contribution in [2.75, 3.05) is 11.5 Å². The van der Waals surface area contributed by atoms with Crippen LogP contribution in [0, 0.1) is 19.8 Å². The molecule has 0 saturated carbocycles. The lowest BCUT2D eigenvalue weighted by Gasteiger charge is -2.21. The van der Waals surface area contributed by atoms with Crippen LogP contribution in [-0.4, -0.2) is 22.6 Å². The number of halogens is 1. The summed E-state index contributed by atoms with van der Waals surface area (Å²) >= 11 is 2.43. The fraction of sp³-hybridized carbons (Fsp3) is 0.643. The number of nitrogens with zero attached hydrogens (tertiary/aromatic N) is 1. The summed E-state index contributed by atoms with van der Waals surface area (Å²) in [7, 11) is 1.72. The summed E-state index contributed by atoms with van der Waals surface area (Å²) in [4.78, 5) is 4.51. The van der Waals surface area contributed by atoms with Gasteiger partial charge in [-0.25, -0.2) is 0 Å². The average molecular weight is 362 g/mol. The maximum atomic E-state index is 5.43. The lowest BCUT2D eigenvalue weighted by molar-refractivity contribution is 0.403. The molecular weight excluding hydrogens is 339 g/mol. The van der Waals surface area contributed by atoms with Crippen LogP contribution in [0.15, 0.2) is 6.20 Å². The first kappa shape index (κ1) is 15.7. The highest BCUT2D eigenvalue weighted by Gasteiger charge is 2.14. The van der Waals surface area contributed by atoms with Crippen molar-refractivity contribution in [2.45, 2.75) is 40.3 Å². The van der Waals surface area contributed by atoms with E-state index in [0.717, 1.165) is 33.5 Å². The highest BCUT2D eigenvalue weighted by atomic mass is 127. The minimum atomic E-state index is 0.527. The Kier molecular flexibility index (Phi) is 6.35. The molecule has 0 aromatic carbocycles. The van der Waals surface area contributed by atoms with Gasteiger partial charge in [0, 0.05) is 34.3 Å². The predicted octanol–water partition coefficient (Wildman–Crippen LogP) is 3.26. The zero-order valence-electron chi connectivity index (χ0n) is 11.9. The lowest BCUT2D eigenvalue weighted by atomic mass is 10.1. The third kappa shape index (κ3) is 3.82. The Balaban J connectivity index is 2.79. The highest BCUT2D eigenvalue weighted by Crippen LogP contribution is 2.24. The Hall–Kier alpha value is -0.360. The van der Waals surface area contributed by atoms with Crippen LogP contribution in [0.25, 0.3) is 0 Å². The quantitative estimate of drug-likeness (QED) is 0.623. The molecule has 1 unspecified atom stereocenters. The summed E-state index contributed by atoms with van der Waals surface area (Å²) in [6.07, 6.45) is 1.89. The summed E-state index contributed by atoms with van der Waals surface area (Å²) in [5.41, 5.74) is 3.31. The molecule has 18 heavy (non-hydrogen) atoms. The normalized spacial score (nSPS) is 12.8. The molecule has 102 valence electrons. The topological polar surface area (TPSA) is 34.1 Å². The van der Waals surface area contributed by atoms with Crippen molar-refractivity contribution in [1.82, 2.24) is 10.3 Å². The van der Waals surface area contributed by atoms with E-state index in [-0.39, 0.29) is 0 Å². The van der Waals surface area contributed by atoms with E-state index in [2.05, 4.69) is 53.7 Å². The Labute approximate surface area is 124 Å². The molecule has 1 rings (SSSR count). The fourth-order valence-electron chi connectivity index (χ4n) is 1.95. The largest absolute Gasteiger partial charge is 0.496 e. The second-order valence-electron chi connectivity index (χ2n) is 4.93. The van der Waals surface area contributed by atoms with Gasteiger partial charge < -0.3 is 10.1 Å². The fourth-order valence-corrected chi connectivity index (χ4v) is 3.27. The van der Waals surface area contributed by atoms with Crippen LogP contribution < -0.4 is 10.1 Å². The van der Waals surface area contributed by atoms with Gasteiger partial charge in [-0.2, -0.15) is 0 Å². The molecule has 0 saturated heterocycles. The van der Waals surface area contributed by atoms with E-state index in [9.17, 15) is 0 Å². The van der Waals surface area contributed by atoms with Crippen molar-refractivity contribution in [3.05, 3.63) is 23.0 Å². The van der Waals surface area contributed by atoms with Gasteiger partial charge in [0.2, 0.25) is 0 Å². The number of alkyl halides is 1. The zero-order chi connectivity index (χ0) is 13.7. The van der Waals surface area contributed by atoms with E-state index in [0.29, 0.717) is 12.0 Å². The number of hydrogen-bond acceptors (Lipinski definition) is 3. The van der Waals surface area contributed by atoms with Gasteiger partial charge in [-0.1, -0.05) is 36.4 Å². The third-order valence-electron chi connectivity index (χ3n) is 3.25. The van der Waals surface area contributed by atoms with Crippen LogP contribution in [-0.2, 0) is 6.54 Å². The van der Waals surface area contributed by atoms with Gasteiger partial charge in [-0.05, 0) is 19.8 Å². The van der Waals surface area contributed by atoms with Gasteiger partial charge >= 0.3 is 0 Å². The molecule has 0 aliphatic heterocycles. The SMILES string of the molecule is COc1c(C)cnc(CNC(CI)C(C)C)c1C. The van der Waals surface area contributed by atoms with Crippen LogP contribution in [0.1, 0.15) is 30.7 Å². The summed E-state index contributed by atoms with van der Waals surface area (Å²) in [5, 5.41) is 3.57. The standard InChI is InChI=1S/C14H23IN2O/c1-9(2)12(6-15)17-8-13-11(4)14(18-5)10(3)7-16-13/h7,9,12,17H,6,8H2,1-5H3. The van der Waals surface area contributed by atoms with Crippen LogP contribution >= 0.6 is 22.6 Å². The molecule has 0 spiro atoms. The first-order chi connectivity index (χ1) is 8.51. The lowest BCUT2D eigenvalue weighted by Crippen LogP contribution is -2.35. The van der Waals surface area contributed by atoms with Crippen LogP contribution in [0.4, 0.5) is 0 Å². The summed E-state index contributed by atoms with van der Waals surface area (Å²) in [6, 6.07) is 0.527. The highest BCUT2D eigenvalue weighted by molar-refractivity contribution is 14.1. The maximum Gasteiger partial charge on any atom is 0.128 e. The first-order valence-electron chi connectivity index (χ1n) is 6.29. The van der Waals surface area contributed by atoms with E-state index in [1.54, 1.807) is 7.11 Å². The van der Waals surface area contributed by atoms with E-state index >= 15 is 0 Å². The average Bonchev–Trinajstić information content (AvgIpc) is 2.32. The number of aryl methyl sites for hydroxylation is 1. The van der Waals surface area contributed by atoms with Crippen LogP contribution in [0.2, 0.25) is 0 Å². The van der Waals surface area contributed by atoms with E-state index in [4.69, 9.17) is 4.74 Å². The van der Waals surface area contributed by atoms with Crippen molar-refractivity contribution < 1.29 is 4.74 Å². The van der Waals surface area contributed by atoms with Gasteiger partial charge in [0.1, 0.15) is 5.75 Å². The number of methoxy groups -OCH3 is 1. The minimum absolute atomic E-state index is 0.527. The molecule has 1 aromatic rings. The molecule has 0 bridgehead atoms. The molecule has 0 fully saturated rings. The molecule has 1 heterocycles. The molecule has 4 heteroatoms. The molecule has 1 atom stereocenters. The minimum Gasteiger partial charge on any atom is -0.496 e. The Morgan fingerprint density at radius 1 is 1.39 bits per heavy atom. The molecule has 1 N–H and O–H groups in total. The maximum absolute atomic E-state index is 5.43. The molecular formula is C14H23IN2O. The number of pyridine rings is 1. The summed E-state index contributed by atoms with van der Waals surface area (Å²) in [6.45, 7) is 9.38. The molecule has 3 nitrogen and oxygen atoms in total. The Morgan fingerprint density at radius 3 is 2.56 bits per heavy atom. The van der Waals surface area contributed by atoms with Crippen molar-refractivity contribution >= 4 is 22.6 Å². The van der Waals surface area contributed by atoms with Crippen molar-refractivity contribution in [3.8, 4) is 5.75 Å². The summed E-state index contributed by atoms with van der Waals surface area (Å²) in [5.74, 6) is 1.59. The van der Waals surface area contributed by atoms with E-state index < -0.39 is 0 Å². The van der Waals surface area contributed by atoms with E-state index in [1.807, 2.05) is 13.1 Å². The van der Waals surface area contributed by atoms with Gasteiger partial charge in [0.15, 0.2) is 0 Å². The smallest absolute Gasteiger partial charge is 0.128 e. The number of nitrogens with one attached hydrogen (secondary N) is 1.